The van der Waals surface area contributed by atoms with Crippen LogP contribution in [0, 0.1) is 6.92 Å². The van der Waals surface area contributed by atoms with Crippen LogP contribution in [-0.4, -0.2) is 11.6 Å². The number of rotatable bonds is 1. The van der Waals surface area contributed by atoms with E-state index in [4.69, 9.17) is 0 Å². The summed E-state index contributed by atoms with van der Waals surface area (Å²) in [6.07, 6.45) is 0. The monoisotopic (exact) mass is 173 g/mol. The van der Waals surface area contributed by atoms with Crippen molar-refractivity contribution in [2.75, 3.05) is 0 Å². The van der Waals surface area contributed by atoms with Crippen LogP contribution in [-0.2, 0) is 4.79 Å². The van der Waals surface area contributed by atoms with E-state index in [0.717, 1.165) is 11.1 Å². The number of carbonyl (C=O) groups excluding carboxylic acids is 1. The van der Waals surface area contributed by atoms with Crippen LogP contribution in [0.1, 0.15) is 11.1 Å². The Morgan fingerprint density at radius 3 is 2.62 bits per heavy atom. The molecule has 64 valence electrons. The van der Waals surface area contributed by atoms with Gasteiger partial charge in [0.15, 0.2) is 5.71 Å². The molecule has 1 aliphatic heterocycles. The van der Waals surface area contributed by atoms with Crippen LogP contribution in [0.25, 0.3) is 0 Å². The van der Waals surface area contributed by atoms with E-state index < -0.39 is 0 Å². The molecular weight excluding hydrogens is 166 g/mol. The molecule has 4 nitrogen and oxygen atoms in total. The van der Waals surface area contributed by atoms with Crippen molar-refractivity contribution in [3.8, 4) is 0 Å². The van der Waals surface area contributed by atoms with E-state index in [1.54, 1.807) is 0 Å². The largest absolute Gasteiger partial charge is 0.318 e. The first-order chi connectivity index (χ1) is 6.29. The van der Waals surface area contributed by atoms with Crippen LogP contribution in [0.5, 0.6) is 0 Å². The van der Waals surface area contributed by atoms with Crippen LogP contribution < -0.4 is 0 Å². The van der Waals surface area contributed by atoms with Crippen molar-refractivity contribution in [3.63, 3.8) is 0 Å². The Kier molecular flexibility index (Phi) is 1.73. The normalized spacial score (nSPS) is 14.8. The average Bonchev–Trinajstić information content (AvgIpc) is 2.52. The second-order valence-electron chi connectivity index (χ2n) is 2.76. The molecule has 0 unspecified atom stereocenters. The molecule has 1 heterocycles. The fourth-order valence-corrected chi connectivity index (χ4v) is 1.21. The molecule has 4 heteroatoms. The summed E-state index contributed by atoms with van der Waals surface area (Å²) >= 11 is 0. The Bertz CT molecular complexity index is 421. The van der Waals surface area contributed by atoms with Crippen molar-refractivity contribution in [2.24, 2.45) is 15.4 Å². The minimum Gasteiger partial charge on any atom is -0.263 e. The molecule has 0 aromatic heterocycles. The molecular formula is C9H7N3O. The van der Waals surface area contributed by atoms with Gasteiger partial charge >= 0.3 is 5.91 Å². The highest BCUT2D eigenvalue weighted by atomic mass is 16.2. The smallest absolute Gasteiger partial charge is 0.263 e. The first-order valence-corrected chi connectivity index (χ1v) is 3.88. The first kappa shape index (κ1) is 7.79. The molecule has 0 atom stereocenters. The summed E-state index contributed by atoms with van der Waals surface area (Å²) in [5, 5.41) is 10.3. The number of amides is 1. The zero-order chi connectivity index (χ0) is 9.26. The van der Waals surface area contributed by atoms with Crippen molar-refractivity contribution in [1.29, 1.82) is 0 Å². The lowest BCUT2D eigenvalue weighted by molar-refractivity contribution is -0.111. The first-order valence-electron chi connectivity index (χ1n) is 3.88. The molecule has 0 aliphatic carbocycles. The topological polar surface area (TPSA) is 54.1 Å². The third kappa shape index (κ3) is 1.26. The number of hydrogen-bond donors (Lipinski definition) is 0. The van der Waals surface area contributed by atoms with E-state index in [1.807, 2.05) is 31.2 Å². The highest BCUT2D eigenvalue weighted by Crippen LogP contribution is 2.12. The van der Waals surface area contributed by atoms with E-state index in [1.165, 1.54) is 0 Å². The van der Waals surface area contributed by atoms with E-state index in [9.17, 15) is 4.79 Å². The maximum absolute atomic E-state index is 11.1. The summed E-state index contributed by atoms with van der Waals surface area (Å²) in [7, 11) is 0. The lowest BCUT2D eigenvalue weighted by atomic mass is 10.0. The Hall–Kier alpha value is -1.84. The SMILES string of the molecule is Cc1ccccc1C1=NN=NC1=O. The Morgan fingerprint density at radius 2 is 2.00 bits per heavy atom. The maximum Gasteiger partial charge on any atom is 0.318 e. The van der Waals surface area contributed by atoms with Gasteiger partial charge in [-0.15, -0.1) is 5.10 Å². The zero-order valence-electron chi connectivity index (χ0n) is 7.06. The van der Waals surface area contributed by atoms with Gasteiger partial charge in [0.2, 0.25) is 0 Å². The van der Waals surface area contributed by atoms with Gasteiger partial charge in [-0.2, -0.15) is 0 Å². The second kappa shape index (κ2) is 2.90. The molecule has 2 rings (SSSR count). The van der Waals surface area contributed by atoms with Gasteiger partial charge < -0.3 is 0 Å². The summed E-state index contributed by atoms with van der Waals surface area (Å²) in [4.78, 5) is 11.1. The highest BCUT2D eigenvalue weighted by molar-refractivity contribution is 6.46. The van der Waals surface area contributed by atoms with Gasteiger partial charge in [0.05, 0.1) is 0 Å². The summed E-state index contributed by atoms with van der Waals surface area (Å²) < 4.78 is 0. The van der Waals surface area contributed by atoms with Crippen LogP contribution >= 0.6 is 0 Å². The third-order valence-corrected chi connectivity index (χ3v) is 1.88. The standard InChI is InChI=1S/C9H7N3O/c1-6-4-2-3-5-7(6)8-9(13)11-12-10-8/h2-5H,1H3. The summed E-state index contributed by atoms with van der Waals surface area (Å²) in [6.45, 7) is 1.92. The quantitative estimate of drug-likeness (QED) is 0.637. The predicted molar refractivity (Wildman–Crippen MR) is 47.6 cm³/mol. The number of hydrogen-bond acceptors (Lipinski definition) is 3. The van der Waals surface area contributed by atoms with E-state index in [2.05, 4.69) is 15.4 Å². The van der Waals surface area contributed by atoms with E-state index in [0.29, 0.717) is 5.71 Å². The zero-order valence-corrected chi connectivity index (χ0v) is 7.06. The lowest BCUT2D eigenvalue weighted by Gasteiger charge is -2.00. The van der Waals surface area contributed by atoms with Crippen molar-refractivity contribution in [1.82, 2.24) is 0 Å². The molecule has 1 aromatic carbocycles. The molecule has 0 radical (unpaired) electrons. The Labute approximate surface area is 75.0 Å². The Balaban J connectivity index is 2.48. The highest BCUT2D eigenvalue weighted by Gasteiger charge is 2.19. The lowest BCUT2D eigenvalue weighted by Crippen LogP contribution is -2.10. The molecule has 0 saturated heterocycles. The molecule has 0 N–H and O–H groups in total. The van der Waals surface area contributed by atoms with Crippen LogP contribution in [0.3, 0.4) is 0 Å². The second-order valence-corrected chi connectivity index (χ2v) is 2.76. The van der Waals surface area contributed by atoms with Crippen LogP contribution in [0.2, 0.25) is 0 Å². The van der Waals surface area contributed by atoms with Crippen molar-refractivity contribution < 1.29 is 4.79 Å². The molecule has 0 bridgehead atoms. The fourth-order valence-electron chi connectivity index (χ4n) is 1.21. The molecule has 1 aromatic rings. The number of nitrogens with zero attached hydrogens (tertiary/aromatic N) is 3. The van der Waals surface area contributed by atoms with Crippen LogP contribution in [0.15, 0.2) is 39.7 Å². The molecule has 0 spiro atoms. The van der Waals surface area contributed by atoms with Gasteiger partial charge in [-0.05, 0) is 17.7 Å². The average molecular weight is 173 g/mol. The molecule has 13 heavy (non-hydrogen) atoms. The van der Waals surface area contributed by atoms with Gasteiger partial charge in [0.25, 0.3) is 0 Å². The van der Waals surface area contributed by atoms with E-state index >= 15 is 0 Å². The fraction of sp³-hybridized carbons (Fsp3) is 0.111. The number of aryl methyl sites for hydroxylation is 1. The molecule has 0 fully saturated rings. The minimum absolute atomic E-state index is 0.332. The molecule has 1 aliphatic rings. The summed E-state index contributed by atoms with van der Waals surface area (Å²) in [5.41, 5.74) is 2.14. The molecule has 1 amide bonds. The number of carbonyl (C=O) groups is 1. The van der Waals surface area contributed by atoms with Gasteiger partial charge in [0.1, 0.15) is 0 Å². The van der Waals surface area contributed by atoms with E-state index in [-0.39, 0.29) is 5.91 Å². The van der Waals surface area contributed by atoms with Gasteiger partial charge in [0, 0.05) is 5.56 Å². The summed E-state index contributed by atoms with van der Waals surface area (Å²) in [6, 6.07) is 7.52. The van der Waals surface area contributed by atoms with Gasteiger partial charge in [-0.25, -0.2) is 0 Å². The van der Waals surface area contributed by atoms with Crippen LogP contribution in [0.4, 0.5) is 0 Å². The summed E-state index contributed by atoms with van der Waals surface area (Å²) in [5.74, 6) is -0.366. The minimum atomic E-state index is -0.366. The predicted octanol–water partition coefficient (Wildman–Crippen LogP) is 1.69. The van der Waals surface area contributed by atoms with Crippen molar-refractivity contribution >= 4 is 11.6 Å². The van der Waals surface area contributed by atoms with Crippen molar-refractivity contribution in [3.05, 3.63) is 35.4 Å². The maximum atomic E-state index is 11.1. The van der Waals surface area contributed by atoms with Gasteiger partial charge in [-0.3, -0.25) is 4.79 Å². The third-order valence-electron chi connectivity index (χ3n) is 1.88. The number of benzene rings is 1. The van der Waals surface area contributed by atoms with Gasteiger partial charge in [-0.1, -0.05) is 29.4 Å². The van der Waals surface area contributed by atoms with Crippen molar-refractivity contribution in [2.45, 2.75) is 6.92 Å². The Morgan fingerprint density at radius 1 is 1.23 bits per heavy atom. The molecule has 0 saturated carbocycles.